The van der Waals surface area contributed by atoms with Crippen molar-refractivity contribution in [2.24, 2.45) is 15.9 Å². The number of aliphatic imine (C=N–C) groups is 2. The predicted molar refractivity (Wildman–Crippen MR) is 232 cm³/mol. The van der Waals surface area contributed by atoms with Crippen molar-refractivity contribution >= 4 is 54.8 Å². The number of fused-ring (bicyclic) bond motifs is 6. The van der Waals surface area contributed by atoms with Gasteiger partial charge in [0.05, 0.1) is 17.3 Å². The van der Waals surface area contributed by atoms with Crippen LogP contribution in [0.5, 0.6) is 0 Å². The van der Waals surface area contributed by atoms with Crippen LogP contribution >= 0.6 is 0 Å². The smallest absolute Gasteiger partial charge is 0.155 e. The quantitative estimate of drug-likeness (QED) is 0.164. The fourth-order valence-corrected chi connectivity index (χ4v) is 8.39. The Kier molecular flexibility index (Phi) is 8.33. The second-order valence-electron chi connectivity index (χ2n) is 14.8. The average Bonchev–Trinajstić information content (AvgIpc) is 3.25. The van der Waals surface area contributed by atoms with Crippen molar-refractivity contribution in [2.45, 2.75) is 25.8 Å². The van der Waals surface area contributed by atoms with Gasteiger partial charge in [0.15, 0.2) is 5.84 Å². The topological polar surface area (TPSA) is 37.6 Å². The van der Waals surface area contributed by atoms with Crippen LogP contribution in [0, 0.1) is 5.92 Å². The first-order valence-electron chi connectivity index (χ1n) is 19.3. The molecule has 9 aromatic rings. The molecule has 8 aromatic carbocycles. The highest BCUT2D eigenvalue weighted by atomic mass is 15.0. The fourth-order valence-electron chi connectivity index (χ4n) is 8.39. The molecule has 0 saturated heterocycles. The second kappa shape index (κ2) is 13.9. The Morgan fingerprint density at radius 1 is 0.491 bits per heavy atom. The summed E-state index contributed by atoms with van der Waals surface area (Å²) in [5, 5.41) is 8.40. The van der Waals surface area contributed by atoms with E-state index in [1.165, 1.54) is 60.1 Å². The van der Waals surface area contributed by atoms with E-state index < -0.39 is 0 Å². The van der Waals surface area contributed by atoms with Gasteiger partial charge in [-0.15, -0.1) is 0 Å². The highest BCUT2D eigenvalue weighted by Crippen LogP contribution is 2.40. The lowest BCUT2D eigenvalue weighted by molar-refractivity contribution is 0.447. The number of amidine groups is 1. The number of hydrogen-bond acceptors (Lipinski definition) is 3. The maximum absolute atomic E-state index is 5.66. The minimum absolute atomic E-state index is 0.0888. The van der Waals surface area contributed by atoms with Gasteiger partial charge in [-0.2, -0.15) is 0 Å². The number of benzene rings is 8. The molecule has 0 bridgehead atoms. The largest absolute Gasteiger partial charge is 0.258 e. The van der Waals surface area contributed by atoms with Crippen molar-refractivity contribution in [3.05, 3.63) is 199 Å². The van der Waals surface area contributed by atoms with Crippen LogP contribution in [0.1, 0.15) is 42.5 Å². The van der Waals surface area contributed by atoms with Gasteiger partial charge in [-0.3, -0.25) is 9.98 Å². The average molecular weight is 706 g/mol. The summed E-state index contributed by atoms with van der Waals surface area (Å²) in [5.74, 6) is 1.04. The lowest BCUT2D eigenvalue weighted by Gasteiger charge is -2.27. The second-order valence-corrected chi connectivity index (χ2v) is 14.8. The van der Waals surface area contributed by atoms with E-state index in [0.29, 0.717) is 0 Å². The molecule has 262 valence electrons. The fraction of sp³-hybridized carbons (Fsp3) is 0.0962. The molecule has 1 aliphatic heterocycles. The molecule has 2 unspecified atom stereocenters. The van der Waals surface area contributed by atoms with E-state index in [2.05, 4.69) is 183 Å². The maximum atomic E-state index is 5.66. The normalized spacial score (nSPS) is 16.2. The van der Waals surface area contributed by atoms with Crippen molar-refractivity contribution < 1.29 is 0 Å². The Hall–Kier alpha value is -6.71. The van der Waals surface area contributed by atoms with E-state index >= 15 is 0 Å². The molecule has 0 N–H and O–H groups in total. The summed E-state index contributed by atoms with van der Waals surface area (Å²) in [4.78, 5) is 16.0. The van der Waals surface area contributed by atoms with Crippen LogP contribution in [0.3, 0.4) is 0 Å². The molecular formula is C52H39N3. The summed E-state index contributed by atoms with van der Waals surface area (Å²) in [6.45, 7) is 2.36. The third-order valence-electron chi connectivity index (χ3n) is 11.4. The van der Waals surface area contributed by atoms with Crippen LogP contribution in [0.4, 0.5) is 0 Å². The minimum Gasteiger partial charge on any atom is -0.258 e. The Morgan fingerprint density at radius 3 is 2.02 bits per heavy atom. The summed E-state index contributed by atoms with van der Waals surface area (Å²) in [6, 6.07) is 63.1. The van der Waals surface area contributed by atoms with E-state index in [-0.39, 0.29) is 12.0 Å². The van der Waals surface area contributed by atoms with Crippen LogP contribution in [0.2, 0.25) is 0 Å². The van der Waals surface area contributed by atoms with Crippen molar-refractivity contribution in [3.8, 4) is 22.3 Å². The van der Waals surface area contributed by atoms with Crippen molar-refractivity contribution in [3.63, 3.8) is 0 Å². The third kappa shape index (κ3) is 6.18. The zero-order chi connectivity index (χ0) is 36.7. The van der Waals surface area contributed by atoms with Gasteiger partial charge in [-0.1, -0.05) is 165 Å². The zero-order valence-electron chi connectivity index (χ0n) is 30.7. The molecule has 3 nitrogen and oxygen atoms in total. The Morgan fingerprint density at radius 2 is 1.15 bits per heavy atom. The first-order chi connectivity index (χ1) is 27.2. The number of hydrogen-bond donors (Lipinski definition) is 0. The van der Waals surface area contributed by atoms with E-state index in [0.717, 1.165) is 46.4 Å². The van der Waals surface area contributed by atoms with Crippen molar-refractivity contribution in [1.82, 2.24) is 4.98 Å². The molecule has 1 aliphatic rings. The summed E-state index contributed by atoms with van der Waals surface area (Å²) in [7, 11) is 0. The summed E-state index contributed by atoms with van der Waals surface area (Å²) in [6.07, 6.45) is 3.81. The van der Waals surface area contributed by atoms with Gasteiger partial charge in [-0.05, 0) is 97.3 Å². The molecule has 1 aromatic heterocycles. The van der Waals surface area contributed by atoms with Crippen LogP contribution in [0.15, 0.2) is 192 Å². The number of nitrogens with zero attached hydrogens (tertiary/aromatic N) is 3. The Balaban J connectivity index is 1.12. The van der Waals surface area contributed by atoms with Gasteiger partial charge in [0, 0.05) is 22.5 Å². The number of pyridine rings is 1. The molecular weight excluding hydrogens is 667 g/mol. The van der Waals surface area contributed by atoms with E-state index in [9.17, 15) is 0 Å². The molecule has 55 heavy (non-hydrogen) atoms. The van der Waals surface area contributed by atoms with Gasteiger partial charge in [0.25, 0.3) is 0 Å². The summed E-state index contributed by atoms with van der Waals surface area (Å²) < 4.78 is 0. The van der Waals surface area contributed by atoms with Crippen molar-refractivity contribution in [1.29, 1.82) is 0 Å². The Bertz CT molecular complexity index is 2940. The molecule has 0 fully saturated rings. The van der Waals surface area contributed by atoms with Gasteiger partial charge >= 0.3 is 0 Å². The van der Waals surface area contributed by atoms with Crippen molar-refractivity contribution in [2.75, 3.05) is 0 Å². The number of rotatable bonds is 5. The molecule has 2 atom stereocenters. The molecule has 3 heteroatoms. The molecule has 0 radical (unpaired) electrons. The van der Waals surface area contributed by atoms with E-state index in [1.54, 1.807) is 0 Å². The van der Waals surface area contributed by atoms with Gasteiger partial charge < -0.3 is 0 Å². The van der Waals surface area contributed by atoms with Gasteiger partial charge in [0.1, 0.15) is 0 Å². The molecule has 2 heterocycles. The summed E-state index contributed by atoms with van der Waals surface area (Å²) in [5.41, 5.74) is 10.3. The van der Waals surface area contributed by atoms with Gasteiger partial charge in [-0.25, -0.2) is 4.99 Å². The van der Waals surface area contributed by atoms with Crippen LogP contribution < -0.4 is 0 Å². The molecule has 10 rings (SSSR count). The van der Waals surface area contributed by atoms with Crippen LogP contribution in [0.25, 0.3) is 65.5 Å². The van der Waals surface area contributed by atoms with Crippen LogP contribution in [-0.2, 0) is 0 Å². The summed E-state index contributed by atoms with van der Waals surface area (Å²) >= 11 is 0. The molecule has 0 saturated carbocycles. The first-order valence-corrected chi connectivity index (χ1v) is 19.3. The van der Waals surface area contributed by atoms with Gasteiger partial charge in [0.2, 0.25) is 0 Å². The lowest BCUT2D eigenvalue weighted by Crippen LogP contribution is -2.18. The first kappa shape index (κ1) is 32.9. The zero-order valence-corrected chi connectivity index (χ0v) is 30.7. The van der Waals surface area contributed by atoms with Crippen LogP contribution in [-0.4, -0.2) is 16.5 Å². The number of aromatic nitrogens is 1. The SMILES string of the molecule is CC1CCC(c2ccc(-c3ccccc3)cc2)=NC(c2ccc3ccccc3c2)=NC1c1ccccc1-c1ccc2ccc3ncc4ccccc4c3c2c1. The minimum atomic E-state index is -0.0888. The van der Waals surface area contributed by atoms with E-state index in [1.807, 2.05) is 6.20 Å². The lowest BCUT2D eigenvalue weighted by atomic mass is 9.84. The Labute approximate surface area is 321 Å². The molecule has 0 aliphatic carbocycles. The monoisotopic (exact) mass is 705 g/mol. The third-order valence-corrected chi connectivity index (χ3v) is 11.4. The maximum Gasteiger partial charge on any atom is 0.155 e. The highest BCUT2D eigenvalue weighted by Gasteiger charge is 2.26. The predicted octanol–water partition coefficient (Wildman–Crippen LogP) is 13.4. The van der Waals surface area contributed by atoms with E-state index in [4.69, 9.17) is 15.0 Å². The standard InChI is InChI=1S/C52H39N3/c1-34-19-29-48(39-24-20-37(21-25-39)35-11-3-2-4-12-35)54-52(42-27-22-36-13-5-6-14-40(36)31-42)55-51(34)46-18-10-9-16-44(46)41-26-23-38-28-30-49-50(47(38)32-41)45-17-8-7-15-43(45)33-53-49/h2-18,20-28,30-34,51H,19,29H2,1H3. The molecule has 0 spiro atoms. The highest BCUT2D eigenvalue weighted by molar-refractivity contribution is 6.19. The molecule has 0 amide bonds.